The Morgan fingerprint density at radius 1 is 1.15 bits per heavy atom. The molecule has 4 aromatic rings. The molecule has 0 radical (unpaired) electrons. The number of aromatic nitrogens is 2. The Morgan fingerprint density at radius 3 is 2.88 bits per heavy atom. The van der Waals surface area contributed by atoms with Gasteiger partial charge in [0.05, 0.1) is 5.69 Å². The lowest BCUT2D eigenvalue weighted by atomic mass is 10.0. The lowest BCUT2D eigenvalue weighted by Gasteiger charge is -2.12. The van der Waals surface area contributed by atoms with E-state index in [1.807, 2.05) is 61.8 Å². The van der Waals surface area contributed by atoms with Crippen molar-refractivity contribution in [2.24, 2.45) is 0 Å². The summed E-state index contributed by atoms with van der Waals surface area (Å²) in [5, 5.41) is 12.6. The van der Waals surface area contributed by atoms with Crippen molar-refractivity contribution in [1.82, 2.24) is 15.3 Å². The number of thiazole rings is 1. The van der Waals surface area contributed by atoms with Crippen LogP contribution in [0.25, 0.3) is 11.3 Å². The fourth-order valence-electron chi connectivity index (χ4n) is 4.19. The van der Waals surface area contributed by atoms with Gasteiger partial charge in [-0.05, 0) is 79.9 Å². The predicted octanol–water partition coefficient (Wildman–Crippen LogP) is 5.72. The van der Waals surface area contributed by atoms with Crippen LogP contribution in [0.5, 0.6) is 0 Å². The second kappa shape index (κ2) is 9.13. The molecular formula is C26H25N5OS. The molecule has 0 bridgehead atoms. The summed E-state index contributed by atoms with van der Waals surface area (Å²) in [6, 6.07) is 16.1. The monoisotopic (exact) mass is 455 g/mol. The van der Waals surface area contributed by atoms with Crippen LogP contribution in [0.1, 0.15) is 39.5 Å². The molecule has 6 nitrogen and oxygen atoms in total. The van der Waals surface area contributed by atoms with E-state index in [1.165, 1.54) is 22.5 Å². The van der Waals surface area contributed by atoms with Gasteiger partial charge in [0.2, 0.25) is 0 Å². The largest absolute Gasteiger partial charge is 0.331 e. The molecule has 0 unspecified atom stereocenters. The molecule has 1 aliphatic carbocycles. The van der Waals surface area contributed by atoms with E-state index in [2.05, 4.69) is 32.0 Å². The van der Waals surface area contributed by atoms with Crippen LogP contribution in [-0.2, 0) is 6.42 Å². The number of pyridine rings is 1. The number of amides is 1. The smallest absolute Gasteiger partial charge is 0.255 e. The number of rotatable bonds is 6. The van der Waals surface area contributed by atoms with Crippen molar-refractivity contribution < 1.29 is 4.79 Å². The molecule has 1 atom stereocenters. The molecule has 0 saturated carbocycles. The third-order valence-corrected chi connectivity index (χ3v) is 6.79. The van der Waals surface area contributed by atoms with Crippen LogP contribution in [0.2, 0.25) is 0 Å². The second-order valence-electron chi connectivity index (χ2n) is 8.18. The molecule has 2 heterocycles. The third kappa shape index (κ3) is 4.51. The number of nitrogens with one attached hydrogen (secondary N) is 3. The SMILES string of the molecule is CN[C@H]1CCc2cc(C(=O)Nc3ccc(C)c(Nc4nc(-c5cccnc5)cs4)c3)ccc21. The van der Waals surface area contributed by atoms with Gasteiger partial charge >= 0.3 is 0 Å². The fraction of sp³-hybridized carbons (Fsp3) is 0.192. The normalized spacial score (nSPS) is 14.7. The van der Waals surface area contributed by atoms with Gasteiger partial charge in [-0.25, -0.2) is 4.98 Å². The van der Waals surface area contributed by atoms with Crippen LogP contribution in [0.15, 0.2) is 66.3 Å². The highest BCUT2D eigenvalue weighted by Gasteiger charge is 2.22. The van der Waals surface area contributed by atoms with E-state index in [4.69, 9.17) is 0 Å². The van der Waals surface area contributed by atoms with Gasteiger partial charge in [0.1, 0.15) is 0 Å². The Bertz CT molecular complexity index is 1300. The van der Waals surface area contributed by atoms with Crippen LogP contribution < -0.4 is 16.0 Å². The summed E-state index contributed by atoms with van der Waals surface area (Å²) < 4.78 is 0. The van der Waals surface area contributed by atoms with E-state index >= 15 is 0 Å². The molecule has 33 heavy (non-hydrogen) atoms. The maximum absolute atomic E-state index is 12.9. The van der Waals surface area contributed by atoms with E-state index in [9.17, 15) is 4.79 Å². The van der Waals surface area contributed by atoms with Crippen LogP contribution >= 0.6 is 11.3 Å². The van der Waals surface area contributed by atoms with Crippen LogP contribution in [0, 0.1) is 6.92 Å². The Balaban J connectivity index is 1.31. The zero-order chi connectivity index (χ0) is 22.8. The quantitative estimate of drug-likeness (QED) is 0.347. The Labute approximate surface area is 197 Å². The molecule has 1 amide bonds. The van der Waals surface area contributed by atoms with E-state index in [1.54, 1.807) is 12.4 Å². The lowest BCUT2D eigenvalue weighted by Crippen LogP contribution is -2.14. The Hall–Kier alpha value is -3.55. The summed E-state index contributed by atoms with van der Waals surface area (Å²) in [6.07, 6.45) is 5.62. The number of nitrogens with zero attached hydrogens (tertiary/aromatic N) is 2. The fourth-order valence-corrected chi connectivity index (χ4v) is 4.92. The van der Waals surface area contributed by atoms with E-state index < -0.39 is 0 Å². The van der Waals surface area contributed by atoms with Crippen LogP contribution in [-0.4, -0.2) is 22.9 Å². The number of hydrogen-bond acceptors (Lipinski definition) is 6. The standard InChI is InChI=1S/C26H25N5OS/c1-16-5-8-20(29-25(32)18-6-9-21-17(12-18)7-10-22(21)27-2)13-23(16)30-26-31-24(15-33-26)19-4-3-11-28-14-19/h3-6,8-9,11-15,22,27H,7,10H2,1-2H3,(H,29,32)(H,30,31)/t22-/m0/s1. The number of aryl methyl sites for hydroxylation is 2. The zero-order valence-electron chi connectivity index (χ0n) is 18.6. The van der Waals surface area contributed by atoms with Crippen molar-refractivity contribution in [2.45, 2.75) is 25.8 Å². The molecule has 0 saturated heterocycles. The Morgan fingerprint density at radius 2 is 2.06 bits per heavy atom. The predicted molar refractivity (Wildman–Crippen MR) is 134 cm³/mol. The Kier molecular flexibility index (Phi) is 5.90. The molecule has 0 fully saturated rings. The number of carbonyl (C=O) groups is 1. The number of hydrogen-bond donors (Lipinski definition) is 3. The number of anilines is 3. The van der Waals surface area contributed by atoms with Crippen molar-refractivity contribution in [3.8, 4) is 11.3 Å². The molecule has 1 aliphatic rings. The van der Waals surface area contributed by atoms with Crippen molar-refractivity contribution in [3.63, 3.8) is 0 Å². The average molecular weight is 456 g/mol. The first-order valence-corrected chi connectivity index (χ1v) is 11.8. The molecule has 5 rings (SSSR count). The van der Waals surface area contributed by atoms with Gasteiger partial charge in [0.25, 0.3) is 5.91 Å². The summed E-state index contributed by atoms with van der Waals surface area (Å²) in [4.78, 5) is 21.8. The topological polar surface area (TPSA) is 78.9 Å². The van der Waals surface area contributed by atoms with E-state index in [0.29, 0.717) is 11.6 Å². The molecule has 2 aromatic carbocycles. The highest BCUT2D eigenvalue weighted by atomic mass is 32.1. The zero-order valence-corrected chi connectivity index (χ0v) is 19.4. The number of fused-ring (bicyclic) bond motifs is 1. The van der Waals surface area contributed by atoms with Gasteiger partial charge in [-0.2, -0.15) is 0 Å². The molecule has 0 aliphatic heterocycles. The minimum atomic E-state index is -0.103. The third-order valence-electron chi connectivity index (χ3n) is 6.03. The van der Waals surface area contributed by atoms with Gasteiger partial charge in [-0.1, -0.05) is 12.1 Å². The molecule has 166 valence electrons. The summed E-state index contributed by atoms with van der Waals surface area (Å²) >= 11 is 1.54. The van der Waals surface area contributed by atoms with Crippen LogP contribution in [0.4, 0.5) is 16.5 Å². The summed E-state index contributed by atoms with van der Waals surface area (Å²) in [6.45, 7) is 2.03. The van der Waals surface area contributed by atoms with Crippen molar-refractivity contribution in [1.29, 1.82) is 0 Å². The van der Waals surface area contributed by atoms with Gasteiger partial charge in [0, 0.05) is 46.3 Å². The van der Waals surface area contributed by atoms with E-state index in [-0.39, 0.29) is 5.91 Å². The van der Waals surface area contributed by atoms with E-state index in [0.717, 1.165) is 46.2 Å². The maximum atomic E-state index is 12.9. The highest BCUT2D eigenvalue weighted by Crippen LogP contribution is 2.32. The van der Waals surface area contributed by atoms with Gasteiger partial charge < -0.3 is 16.0 Å². The molecule has 3 N–H and O–H groups in total. The molecule has 2 aromatic heterocycles. The molecule has 7 heteroatoms. The summed E-state index contributed by atoms with van der Waals surface area (Å²) in [5.74, 6) is -0.103. The molecular weight excluding hydrogens is 430 g/mol. The summed E-state index contributed by atoms with van der Waals surface area (Å²) in [5.41, 5.74) is 7.82. The number of benzene rings is 2. The van der Waals surface area contributed by atoms with Crippen molar-refractivity contribution >= 4 is 33.8 Å². The van der Waals surface area contributed by atoms with Crippen molar-refractivity contribution in [3.05, 3.63) is 88.6 Å². The average Bonchev–Trinajstić information content (AvgIpc) is 3.48. The minimum Gasteiger partial charge on any atom is -0.331 e. The maximum Gasteiger partial charge on any atom is 0.255 e. The first kappa shape index (κ1) is 21.3. The minimum absolute atomic E-state index is 0.103. The van der Waals surface area contributed by atoms with Gasteiger partial charge in [-0.3, -0.25) is 9.78 Å². The van der Waals surface area contributed by atoms with Gasteiger partial charge in [0.15, 0.2) is 5.13 Å². The van der Waals surface area contributed by atoms with Crippen LogP contribution in [0.3, 0.4) is 0 Å². The number of carbonyl (C=O) groups excluding carboxylic acids is 1. The molecule has 0 spiro atoms. The first-order chi connectivity index (χ1) is 16.1. The van der Waals surface area contributed by atoms with Crippen molar-refractivity contribution in [2.75, 3.05) is 17.7 Å². The first-order valence-electron chi connectivity index (χ1n) is 11.0. The van der Waals surface area contributed by atoms with Gasteiger partial charge in [-0.15, -0.1) is 11.3 Å². The lowest BCUT2D eigenvalue weighted by molar-refractivity contribution is 0.102. The highest BCUT2D eigenvalue weighted by molar-refractivity contribution is 7.14. The second-order valence-corrected chi connectivity index (χ2v) is 9.04. The summed E-state index contributed by atoms with van der Waals surface area (Å²) in [7, 11) is 1.98.